The largest absolute Gasteiger partial charge is 0.497 e. The predicted octanol–water partition coefficient (Wildman–Crippen LogP) is 3.16. The fourth-order valence-electron chi connectivity index (χ4n) is 2.23. The third kappa shape index (κ3) is 5.49. The highest BCUT2D eigenvalue weighted by molar-refractivity contribution is 5.85. The van der Waals surface area contributed by atoms with Gasteiger partial charge in [-0.15, -0.1) is 12.4 Å². The van der Waals surface area contributed by atoms with E-state index in [0.717, 1.165) is 29.0 Å². The number of ether oxygens (including phenoxy) is 1. The number of anilines is 1. The summed E-state index contributed by atoms with van der Waals surface area (Å²) in [6, 6.07) is 15.3. The molecule has 1 unspecified atom stereocenters. The third-order valence-corrected chi connectivity index (χ3v) is 3.68. The van der Waals surface area contributed by atoms with E-state index in [9.17, 15) is 4.79 Å². The Labute approximate surface area is 143 Å². The maximum atomic E-state index is 12.2. The number of benzene rings is 2. The molecular formula is C18H23ClN2O2. The molecule has 124 valence electrons. The second-order valence-electron chi connectivity index (χ2n) is 5.28. The Kier molecular flexibility index (Phi) is 7.42. The van der Waals surface area contributed by atoms with Gasteiger partial charge in [0.05, 0.1) is 13.0 Å². The van der Waals surface area contributed by atoms with Gasteiger partial charge in [0.25, 0.3) is 0 Å². The molecule has 0 saturated heterocycles. The Morgan fingerprint density at radius 1 is 1.22 bits per heavy atom. The van der Waals surface area contributed by atoms with Gasteiger partial charge in [0, 0.05) is 12.2 Å². The molecule has 0 spiro atoms. The van der Waals surface area contributed by atoms with Gasteiger partial charge in [-0.2, -0.15) is 0 Å². The Morgan fingerprint density at radius 2 is 1.91 bits per heavy atom. The van der Waals surface area contributed by atoms with Crippen LogP contribution in [0.25, 0.3) is 0 Å². The van der Waals surface area contributed by atoms with Gasteiger partial charge in [-0.3, -0.25) is 4.79 Å². The van der Waals surface area contributed by atoms with Crippen molar-refractivity contribution in [1.29, 1.82) is 0 Å². The number of nitrogens with two attached hydrogens (primary N) is 1. The number of hydrogen-bond acceptors (Lipinski definition) is 3. The first kappa shape index (κ1) is 18.8. The Balaban J connectivity index is 0.00000264. The van der Waals surface area contributed by atoms with E-state index in [0.29, 0.717) is 6.54 Å². The standard InChI is InChI=1S/C18H22N2O2.ClH/c1-13(15-4-3-5-17(12-15)22-2)18(21)20-11-10-14-6-8-16(19)9-7-14;/h3-9,12-13H,10-11,19H2,1-2H3,(H,20,21);1H. The second-order valence-corrected chi connectivity index (χ2v) is 5.28. The molecule has 0 aliphatic heterocycles. The molecular weight excluding hydrogens is 312 g/mol. The zero-order valence-corrected chi connectivity index (χ0v) is 14.2. The Morgan fingerprint density at radius 3 is 2.57 bits per heavy atom. The molecule has 0 radical (unpaired) electrons. The van der Waals surface area contributed by atoms with E-state index in [4.69, 9.17) is 10.5 Å². The highest BCUT2D eigenvalue weighted by Gasteiger charge is 2.15. The van der Waals surface area contributed by atoms with Crippen LogP contribution in [0, 0.1) is 0 Å². The van der Waals surface area contributed by atoms with Gasteiger partial charge in [0.1, 0.15) is 5.75 Å². The molecule has 0 aromatic heterocycles. The molecule has 2 aromatic rings. The molecule has 0 aliphatic carbocycles. The highest BCUT2D eigenvalue weighted by atomic mass is 35.5. The number of halogens is 1. The van der Waals surface area contributed by atoms with Crippen LogP contribution in [0.4, 0.5) is 5.69 Å². The Hall–Kier alpha value is -2.20. The van der Waals surface area contributed by atoms with Crippen molar-refractivity contribution in [1.82, 2.24) is 5.32 Å². The van der Waals surface area contributed by atoms with Crippen LogP contribution >= 0.6 is 12.4 Å². The summed E-state index contributed by atoms with van der Waals surface area (Å²) >= 11 is 0. The summed E-state index contributed by atoms with van der Waals surface area (Å²) in [4.78, 5) is 12.2. The number of carbonyl (C=O) groups excluding carboxylic acids is 1. The van der Waals surface area contributed by atoms with Crippen molar-refractivity contribution in [3.05, 3.63) is 59.7 Å². The van der Waals surface area contributed by atoms with Gasteiger partial charge in [0.2, 0.25) is 5.91 Å². The molecule has 0 heterocycles. The fourth-order valence-corrected chi connectivity index (χ4v) is 2.23. The molecule has 3 N–H and O–H groups in total. The molecule has 0 saturated carbocycles. The molecule has 5 heteroatoms. The van der Waals surface area contributed by atoms with Crippen LogP contribution in [0.15, 0.2) is 48.5 Å². The second kappa shape index (κ2) is 9.06. The van der Waals surface area contributed by atoms with Crippen LogP contribution in [-0.4, -0.2) is 19.6 Å². The molecule has 0 fully saturated rings. The number of rotatable bonds is 6. The minimum atomic E-state index is -0.207. The lowest BCUT2D eigenvalue weighted by Gasteiger charge is -2.13. The first-order chi connectivity index (χ1) is 10.6. The van der Waals surface area contributed by atoms with E-state index in [-0.39, 0.29) is 24.2 Å². The first-order valence-corrected chi connectivity index (χ1v) is 7.36. The van der Waals surface area contributed by atoms with Crippen molar-refractivity contribution in [2.45, 2.75) is 19.3 Å². The van der Waals surface area contributed by atoms with Crippen LogP contribution in [0.1, 0.15) is 24.0 Å². The Bertz CT molecular complexity index is 629. The molecule has 1 amide bonds. The van der Waals surface area contributed by atoms with E-state index < -0.39 is 0 Å². The smallest absolute Gasteiger partial charge is 0.227 e. The van der Waals surface area contributed by atoms with Gasteiger partial charge in [0.15, 0.2) is 0 Å². The topological polar surface area (TPSA) is 64.3 Å². The summed E-state index contributed by atoms with van der Waals surface area (Å²) in [5, 5.41) is 2.97. The fraction of sp³-hybridized carbons (Fsp3) is 0.278. The maximum absolute atomic E-state index is 12.2. The number of methoxy groups -OCH3 is 1. The zero-order valence-electron chi connectivity index (χ0n) is 13.4. The molecule has 4 nitrogen and oxygen atoms in total. The number of amides is 1. The van der Waals surface area contributed by atoms with Crippen LogP contribution in [0.2, 0.25) is 0 Å². The molecule has 2 rings (SSSR count). The van der Waals surface area contributed by atoms with E-state index in [1.807, 2.05) is 55.5 Å². The summed E-state index contributed by atoms with van der Waals surface area (Å²) in [5.41, 5.74) is 8.51. The van der Waals surface area contributed by atoms with Gasteiger partial charge in [-0.1, -0.05) is 24.3 Å². The van der Waals surface area contributed by atoms with Crippen LogP contribution in [0.3, 0.4) is 0 Å². The number of nitrogen functional groups attached to an aromatic ring is 1. The van der Waals surface area contributed by atoms with Crippen molar-refractivity contribution in [3.8, 4) is 5.75 Å². The van der Waals surface area contributed by atoms with Crippen LogP contribution in [-0.2, 0) is 11.2 Å². The lowest BCUT2D eigenvalue weighted by molar-refractivity contribution is -0.122. The van der Waals surface area contributed by atoms with Crippen LogP contribution in [0.5, 0.6) is 5.75 Å². The predicted molar refractivity (Wildman–Crippen MR) is 96.2 cm³/mol. The summed E-state index contributed by atoms with van der Waals surface area (Å²) in [6.45, 7) is 2.50. The molecule has 0 bridgehead atoms. The van der Waals surface area contributed by atoms with E-state index in [2.05, 4.69) is 5.32 Å². The monoisotopic (exact) mass is 334 g/mol. The summed E-state index contributed by atoms with van der Waals surface area (Å²) < 4.78 is 5.19. The SMILES string of the molecule is COc1cccc(C(C)C(=O)NCCc2ccc(N)cc2)c1.Cl. The number of hydrogen-bond donors (Lipinski definition) is 2. The minimum Gasteiger partial charge on any atom is -0.497 e. The summed E-state index contributed by atoms with van der Waals surface area (Å²) in [5.74, 6) is 0.573. The molecule has 23 heavy (non-hydrogen) atoms. The van der Waals surface area contributed by atoms with E-state index >= 15 is 0 Å². The molecule has 2 aromatic carbocycles. The van der Waals surface area contributed by atoms with Crippen molar-refractivity contribution >= 4 is 24.0 Å². The van der Waals surface area contributed by atoms with Gasteiger partial charge in [-0.25, -0.2) is 0 Å². The van der Waals surface area contributed by atoms with Crippen molar-refractivity contribution < 1.29 is 9.53 Å². The lowest BCUT2D eigenvalue weighted by atomic mass is 10.00. The van der Waals surface area contributed by atoms with E-state index in [1.54, 1.807) is 7.11 Å². The third-order valence-electron chi connectivity index (χ3n) is 3.68. The average molecular weight is 335 g/mol. The molecule has 1 atom stereocenters. The average Bonchev–Trinajstić information content (AvgIpc) is 2.56. The minimum absolute atomic E-state index is 0. The zero-order chi connectivity index (χ0) is 15.9. The highest BCUT2D eigenvalue weighted by Crippen LogP contribution is 2.20. The maximum Gasteiger partial charge on any atom is 0.227 e. The quantitative estimate of drug-likeness (QED) is 0.797. The molecule has 0 aliphatic rings. The van der Waals surface area contributed by atoms with Crippen molar-refractivity contribution in [2.24, 2.45) is 0 Å². The summed E-state index contributed by atoms with van der Waals surface area (Å²) in [6.07, 6.45) is 0.789. The summed E-state index contributed by atoms with van der Waals surface area (Å²) in [7, 11) is 1.62. The normalized spacial score (nSPS) is 11.2. The van der Waals surface area contributed by atoms with Gasteiger partial charge < -0.3 is 15.8 Å². The number of carbonyl (C=O) groups is 1. The van der Waals surface area contributed by atoms with Gasteiger partial charge in [-0.05, 0) is 48.7 Å². The first-order valence-electron chi connectivity index (χ1n) is 7.36. The van der Waals surface area contributed by atoms with Crippen molar-refractivity contribution in [2.75, 3.05) is 19.4 Å². The van der Waals surface area contributed by atoms with E-state index in [1.165, 1.54) is 0 Å². The number of nitrogens with one attached hydrogen (secondary N) is 1. The van der Waals surface area contributed by atoms with Crippen LogP contribution < -0.4 is 15.8 Å². The van der Waals surface area contributed by atoms with Gasteiger partial charge >= 0.3 is 0 Å². The lowest BCUT2D eigenvalue weighted by Crippen LogP contribution is -2.29. The van der Waals surface area contributed by atoms with Crippen molar-refractivity contribution in [3.63, 3.8) is 0 Å².